The highest BCUT2D eigenvalue weighted by atomic mass is 16.3. The van der Waals surface area contributed by atoms with Crippen LogP contribution in [0, 0.1) is 5.92 Å². The van der Waals surface area contributed by atoms with E-state index in [1.165, 1.54) is 19.3 Å². The topological polar surface area (TPSA) is 60.9 Å². The van der Waals surface area contributed by atoms with Gasteiger partial charge >= 0.3 is 0 Å². The molecular formula is C11H19N3O. The molecular weight excluding hydrogens is 190 g/mol. The zero-order chi connectivity index (χ0) is 10.5. The van der Waals surface area contributed by atoms with Gasteiger partial charge in [-0.25, -0.2) is 4.98 Å². The van der Waals surface area contributed by atoms with Crippen LogP contribution >= 0.6 is 0 Å². The van der Waals surface area contributed by atoms with Crippen molar-refractivity contribution in [2.45, 2.75) is 38.3 Å². The Morgan fingerprint density at radius 1 is 1.47 bits per heavy atom. The van der Waals surface area contributed by atoms with E-state index in [0.29, 0.717) is 18.6 Å². The lowest BCUT2D eigenvalue weighted by atomic mass is 9.85. The fourth-order valence-corrected chi connectivity index (χ4v) is 2.32. The standard InChI is InChI=1S/C11H19N3O/c15-8-9-3-1-2-4-10(9)14-7-11-12-5-6-13-11/h5-6,9-10,14-15H,1-4,7-8H2,(H,12,13). The SMILES string of the molecule is OCC1CCCCC1NCc1ncc[nH]1. The Kier molecular flexibility index (Phi) is 3.75. The molecule has 2 unspecified atom stereocenters. The Hall–Kier alpha value is -0.870. The Labute approximate surface area is 90.1 Å². The Balaban J connectivity index is 1.81. The van der Waals surface area contributed by atoms with Crippen LogP contribution in [0.4, 0.5) is 0 Å². The third-order valence-electron chi connectivity index (χ3n) is 3.23. The number of aromatic amines is 1. The number of imidazole rings is 1. The normalized spacial score (nSPS) is 26.7. The number of hydrogen-bond donors (Lipinski definition) is 3. The van der Waals surface area contributed by atoms with Gasteiger partial charge in [-0.15, -0.1) is 0 Å². The maximum atomic E-state index is 9.26. The molecule has 1 saturated carbocycles. The fraction of sp³-hybridized carbons (Fsp3) is 0.727. The first kappa shape index (κ1) is 10.6. The third kappa shape index (κ3) is 2.79. The van der Waals surface area contributed by atoms with E-state index in [9.17, 15) is 5.11 Å². The minimum atomic E-state index is 0.301. The van der Waals surface area contributed by atoms with Crippen molar-refractivity contribution in [3.8, 4) is 0 Å². The van der Waals surface area contributed by atoms with Crippen LogP contribution in [0.2, 0.25) is 0 Å². The average molecular weight is 209 g/mol. The van der Waals surface area contributed by atoms with E-state index in [1.807, 2.05) is 6.20 Å². The first-order chi connectivity index (χ1) is 7.40. The Morgan fingerprint density at radius 3 is 3.07 bits per heavy atom. The second-order valence-corrected chi connectivity index (χ2v) is 4.25. The highest BCUT2D eigenvalue weighted by Crippen LogP contribution is 2.23. The number of H-pyrrole nitrogens is 1. The van der Waals surface area contributed by atoms with E-state index in [2.05, 4.69) is 15.3 Å². The summed E-state index contributed by atoms with van der Waals surface area (Å²) in [5.41, 5.74) is 0. The van der Waals surface area contributed by atoms with Gasteiger partial charge in [0.25, 0.3) is 0 Å². The van der Waals surface area contributed by atoms with Crippen LogP contribution in [-0.4, -0.2) is 27.7 Å². The van der Waals surface area contributed by atoms with Crippen molar-refractivity contribution >= 4 is 0 Å². The predicted molar refractivity (Wildman–Crippen MR) is 58.3 cm³/mol. The summed E-state index contributed by atoms with van der Waals surface area (Å²) < 4.78 is 0. The number of hydrogen-bond acceptors (Lipinski definition) is 3. The molecule has 0 aliphatic heterocycles. The Bertz CT molecular complexity index is 273. The molecule has 15 heavy (non-hydrogen) atoms. The molecule has 1 fully saturated rings. The van der Waals surface area contributed by atoms with Crippen LogP contribution < -0.4 is 5.32 Å². The second-order valence-electron chi connectivity index (χ2n) is 4.25. The van der Waals surface area contributed by atoms with Crippen LogP contribution in [0.3, 0.4) is 0 Å². The van der Waals surface area contributed by atoms with Crippen molar-refractivity contribution in [1.82, 2.24) is 15.3 Å². The molecule has 1 heterocycles. The minimum absolute atomic E-state index is 0.301. The molecule has 4 nitrogen and oxygen atoms in total. The van der Waals surface area contributed by atoms with E-state index < -0.39 is 0 Å². The molecule has 3 N–H and O–H groups in total. The van der Waals surface area contributed by atoms with Crippen LogP contribution in [-0.2, 0) is 6.54 Å². The van der Waals surface area contributed by atoms with Gasteiger partial charge in [0.1, 0.15) is 5.82 Å². The smallest absolute Gasteiger partial charge is 0.120 e. The lowest BCUT2D eigenvalue weighted by Gasteiger charge is -2.30. The third-order valence-corrected chi connectivity index (χ3v) is 3.23. The monoisotopic (exact) mass is 209 g/mol. The fourth-order valence-electron chi connectivity index (χ4n) is 2.32. The molecule has 0 radical (unpaired) electrons. The summed E-state index contributed by atoms with van der Waals surface area (Å²) >= 11 is 0. The number of aliphatic hydroxyl groups is 1. The highest BCUT2D eigenvalue weighted by Gasteiger charge is 2.23. The minimum Gasteiger partial charge on any atom is -0.396 e. The number of rotatable bonds is 4. The highest BCUT2D eigenvalue weighted by molar-refractivity contribution is 4.88. The summed E-state index contributed by atoms with van der Waals surface area (Å²) in [5.74, 6) is 1.39. The van der Waals surface area contributed by atoms with Gasteiger partial charge in [0, 0.05) is 25.0 Å². The summed E-state index contributed by atoms with van der Waals surface area (Å²) in [4.78, 5) is 7.24. The quantitative estimate of drug-likeness (QED) is 0.694. The maximum absolute atomic E-state index is 9.26. The van der Waals surface area contributed by atoms with Crippen LogP contribution in [0.5, 0.6) is 0 Å². The molecule has 2 atom stereocenters. The number of nitrogens with one attached hydrogen (secondary N) is 2. The molecule has 0 amide bonds. The van der Waals surface area contributed by atoms with Crippen molar-refractivity contribution in [2.75, 3.05) is 6.61 Å². The van der Waals surface area contributed by atoms with E-state index in [1.54, 1.807) is 6.20 Å². The van der Waals surface area contributed by atoms with Gasteiger partial charge in [-0.1, -0.05) is 12.8 Å². The lowest BCUT2D eigenvalue weighted by Crippen LogP contribution is -2.39. The van der Waals surface area contributed by atoms with Gasteiger partial charge < -0.3 is 15.4 Å². The molecule has 84 valence electrons. The number of nitrogens with zero attached hydrogens (tertiary/aromatic N) is 1. The van der Waals surface area contributed by atoms with Crippen LogP contribution in [0.15, 0.2) is 12.4 Å². The number of aromatic nitrogens is 2. The molecule has 1 aliphatic rings. The lowest BCUT2D eigenvalue weighted by molar-refractivity contribution is 0.152. The van der Waals surface area contributed by atoms with Gasteiger partial charge in [-0.3, -0.25) is 0 Å². The van der Waals surface area contributed by atoms with Gasteiger partial charge in [0.2, 0.25) is 0 Å². The summed E-state index contributed by atoms with van der Waals surface area (Å²) in [6.07, 6.45) is 8.44. The summed E-state index contributed by atoms with van der Waals surface area (Å²) in [5, 5.41) is 12.7. The molecule has 0 saturated heterocycles. The molecule has 1 aromatic rings. The largest absolute Gasteiger partial charge is 0.396 e. The molecule has 1 aromatic heterocycles. The molecule has 0 spiro atoms. The molecule has 0 aromatic carbocycles. The predicted octanol–water partition coefficient (Wildman–Crippen LogP) is 1.05. The van der Waals surface area contributed by atoms with Gasteiger partial charge in [-0.2, -0.15) is 0 Å². The van der Waals surface area contributed by atoms with Gasteiger partial charge in [0.15, 0.2) is 0 Å². The summed E-state index contributed by atoms with van der Waals surface area (Å²) in [6, 6.07) is 0.453. The van der Waals surface area contributed by atoms with Crippen molar-refractivity contribution in [1.29, 1.82) is 0 Å². The second kappa shape index (κ2) is 5.28. The summed E-state index contributed by atoms with van der Waals surface area (Å²) in [6.45, 7) is 1.07. The number of aliphatic hydroxyl groups excluding tert-OH is 1. The van der Waals surface area contributed by atoms with E-state index in [0.717, 1.165) is 18.8 Å². The van der Waals surface area contributed by atoms with Crippen LogP contribution in [0.1, 0.15) is 31.5 Å². The zero-order valence-electron chi connectivity index (χ0n) is 8.95. The zero-order valence-corrected chi connectivity index (χ0v) is 8.95. The first-order valence-electron chi connectivity index (χ1n) is 5.72. The maximum Gasteiger partial charge on any atom is 0.120 e. The van der Waals surface area contributed by atoms with E-state index in [4.69, 9.17) is 0 Å². The summed E-state index contributed by atoms with van der Waals surface area (Å²) in [7, 11) is 0. The van der Waals surface area contributed by atoms with E-state index in [-0.39, 0.29) is 0 Å². The van der Waals surface area contributed by atoms with Crippen molar-refractivity contribution in [2.24, 2.45) is 5.92 Å². The van der Waals surface area contributed by atoms with E-state index >= 15 is 0 Å². The average Bonchev–Trinajstić information content (AvgIpc) is 2.79. The Morgan fingerprint density at radius 2 is 2.33 bits per heavy atom. The molecule has 0 bridgehead atoms. The van der Waals surface area contributed by atoms with Crippen molar-refractivity contribution in [3.63, 3.8) is 0 Å². The van der Waals surface area contributed by atoms with Crippen LogP contribution in [0.25, 0.3) is 0 Å². The van der Waals surface area contributed by atoms with Gasteiger partial charge in [0.05, 0.1) is 6.54 Å². The van der Waals surface area contributed by atoms with Crippen molar-refractivity contribution < 1.29 is 5.11 Å². The molecule has 4 heteroatoms. The molecule has 1 aliphatic carbocycles. The first-order valence-corrected chi connectivity index (χ1v) is 5.72. The van der Waals surface area contributed by atoms with Crippen molar-refractivity contribution in [3.05, 3.63) is 18.2 Å². The van der Waals surface area contributed by atoms with Gasteiger partial charge in [-0.05, 0) is 18.8 Å². The molecule has 2 rings (SSSR count).